The number of hydrogen-bond acceptors (Lipinski definition) is 7. The Morgan fingerprint density at radius 1 is 1.25 bits per heavy atom. The summed E-state index contributed by atoms with van der Waals surface area (Å²) >= 11 is 7.38. The minimum absolute atomic E-state index is 0.0138. The number of benzene rings is 2. The van der Waals surface area contributed by atoms with E-state index in [1.54, 1.807) is 49.4 Å². The zero-order valence-electron chi connectivity index (χ0n) is 16.9. The van der Waals surface area contributed by atoms with Crippen LogP contribution in [-0.2, 0) is 0 Å². The van der Waals surface area contributed by atoms with Gasteiger partial charge in [-0.25, -0.2) is 0 Å². The van der Waals surface area contributed by atoms with Crippen molar-refractivity contribution in [3.63, 3.8) is 0 Å². The van der Waals surface area contributed by atoms with Gasteiger partial charge in [-0.1, -0.05) is 47.7 Å². The van der Waals surface area contributed by atoms with Gasteiger partial charge in [0.05, 0.1) is 17.0 Å². The SMILES string of the molecule is C=CCOc1cccc([C@@H]2c3c(oc4ccc(Cl)cc4c3=O)C(=O)N2c2nnc(C)s2)c1. The standard InChI is InChI=1S/C23H16ClN3O4S/c1-3-9-30-15-6-4-5-13(10-15)19-18-20(28)16-11-14(24)7-8-17(16)31-21(18)22(29)27(19)23-26-25-12(2)32-23/h3-8,10-11,19H,1,9H2,2H3/t19-/m1/s1. The fraction of sp³-hybridized carbons (Fsp3) is 0.130. The molecule has 160 valence electrons. The molecule has 0 fully saturated rings. The fourth-order valence-electron chi connectivity index (χ4n) is 3.77. The summed E-state index contributed by atoms with van der Waals surface area (Å²) in [5.41, 5.74) is 0.894. The van der Waals surface area contributed by atoms with E-state index in [9.17, 15) is 9.59 Å². The second-order valence-electron chi connectivity index (χ2n) is 7.17. The van der Waals surface area contributed by atoms with Crippen molar-refractivity contribution in [1.29, 1.82) is 0 Å². The van der Waals surface area contributed by atoms with E-state index in [1.807, 2.05) is 6.07 Å². The molecule has 1 atom stereocenters. The number of anilines is 1. The topological polar surface area (TPSA) is 85.5 Å². The Labute approximate surface area is 191 Å². The normalized spacial score (nSPS) is 15.2. The molecule has 0 bridgehead atoms. The van der Waals surface area contributed by atoms with Gasteiger partial charge in [0.15, 0.2) is 5.43 Å². The van der Waals surface area contributed by atoms with Gasteiger partial charge in [0.2, 0.25) is 10.9 Å². The lowest BCUT2D eigenvalue weighted by molar-refractivity contribution is 0.0970. The Bertz CT molecular complexity index is 1440. The van der Waals surface area contributed by atoms with Crippen LogP contribution < -0.4 is 15.1 Å². The molecule has 4 aromatic rings. The smallest absolute Gasteiger partial charge is 0.297 e. The molecule has 2 aromatic carbocycles. The number of rotatable bonds is 5. The monoisotopic (exact) mass is 465 g/mol. The Kier molecular flexibility index (Phi) is 5.03. The minimum atomic E-state index is -0.753. The van der Waals surface area contributed by atoms with Gasteiger partial charge in [-0.05, 0) is 42.8 Å². The number of amides is 1. The van der Waals surface area contributed by atoms with E-state index in [1.165, 1.54) is 16.2 Å². The number of hydrogen-bond donors (Lipinski definition) is 0. The maximum Gasteiger partial charge on any atom is 0.297 e. The van der Waals surface area contributed by atoms with Crippen LogP contribution in [0.3, 0.4) is 0 Å². The van der Waals surface area contributed by atoms with E-state index in [2.05, 4.69) is 16.8 Å². The van der Waals surface area contributed by atoms with Gasteiger partial charge in [-0.3, -0.25) is 14.5 Å². The summed E-state index contributed by atoms with van der Waals surface area (Å²) in [7, 11) is 0. The van der Waals surface area contributed by atoms with Crippen molar-refractivity contribution >= 4 is 44.9 Å². The highest BCUT2D eigenvalue weighted by Crippen LogP contribution is 2.42. The van der Waals surface area contributed by atoms with E-state index in [0.29, 0.717) is 44.1 Å². The molecule has 0 radical (unpaired) electrons. The molecule has 1 aliphatic heterocycles. The first-order chi connectivity index (χ1) is 15.5. The van der Waals surface area contributed by atoms with E-state index < -0.39 is 11.9 Å². The quantitative estimate of drug-likeness (QED) is 0.389. The molecule has 9 heteroatoms. The average molecular weight is 466 g/mol. The first-order valence-electron chi connectivity index (χ1n) is 9.71. The number of aromatic nitrogens is 2. The zero-order chi connectivity index (χ0) is 22.4. The lowest BCUT2D eigenvalue weighted by Crippen LogP contribution is -2.29. The molecule has 7 nitrogen and oxygen atoms in total. The summed E-state index contributed by atoms with van der Waals surface area (Å²) in [6.07, 6.45) is 1.64. The van der Waals surface area contributed by atoms with Crippen molar-refractivity contribution < 1.29 is 13.9 Å². The number of aryl methyl sites for hydroxylation is 1. The van der Waals surface area contributed by atoms with Gasteiger partial charge < -0.3 is 9.15 Å². The van der Waals surface area contributed by atoms with E-state index in [4.69, 9.17) is 20.8 Å². The van der Waals surface area contributed by atoms with Crippen molar-refractivity contribution in [3.05, 3.63) is 92.3 Å². The Balaban J connectivity index is 1.77. The first kappa shape index (κ1) is 20.4. The maximum atomic E-state index is 13.6. The number of carbonyl (C=O) groups is 1. The number of carbonyl (C=O) groups excluding carboxylic acids is 1. The second-order valence-corrected chi connectivity index (χ2v) is 8.76. The second kappa shape index (κ2) is 7.89. The Morgan fingerprint density at radius 2 is 2.09 bits per heavy atom. The fourth-order valence-corrected chi connectivity index (χ4v) is 4.66. The molecule has 0 saturated carbocycles. The van der Waals surface area contributed by atoms with Crippen molar-refractivity contribution in [2.45, 2.75) is 13.0 Å². The third-order valence-corrected chi connectivity index (χ3v) is 6.17. The summed E-state index contributed by atoms with van der Waals surface area (Å²) in [6, 6.07) is 11.2. The Morgan fingerprint density at radius 3 is 2.84 bits per heavy atom. The van der Waals surface area contributed by atoms with Gasteiger partial charge in [0, 0.05) is 5.02 Å². The molecule has 3 heterocycles. The van der Waals surface area contributed by atoms with Crippen LogP contribution in [0.5, 0.6) is 5.75 Å². The number of nitrogens with zero attached hydrogens (tertiary/aromatic N) is 3. The highest BCUT2D eigenvalue weighted by atomic mass is 35.5. The number of halogens is 1. The molecule has 5 rings (SSSR count). The van der Waals surface area contributed by atoms with Crippen LogP contribution in [-0.4, -0.2) is 22.7 Å². The molecule has 0 N–H and O–H groups in total. The first-order valence-corrected chi connectivity index (χ1v) is 10.9. The Hall–Kier alpha value is -3.49. The van der Waals surface area contributed by atoms with E-state index in [0.717, 1.165) is 0 Å². The van der Waals surface area contributed by atoms with Crippen molar-refractivity contribution in [2.24, 2.45) is 0 Å². The molecule has 1 aliphatic rings. The van der Waals surface area contributed by atoms with E-state index in [-0.39, 0.29) is 16.8 Å². The van der Waals surface area contributed by atoms with Crippen molar-refractivity contribution in [2.75, 3.05) is 11.5 Å². The van der Waals surface area contributed by atoms with Crippen LogP contribution in [0.15, 0.2) is 64.3 Å². The average Bonchev–Trinajstić information content (AvgIpc) is 3.34. The van der Waals surface area contributed by atoms with Gasteiger partial charge in [0.25, 0.3) is 5.91 Å². The lowest BCUT2D eigenvalue weighted by atomic mass is 9.98. The molecule has 0 unspecified atom stereocenters. The molecular formula is C23H16ClN3O4S. The third-order valence-electron chi connectivity index (χ3n) is 5.10. The van der Waals surface area contributed by atoms with Crippen LogP contribution >= 0.6 is 22.9 Å². The molecule has 0 spiro atoms. The van der Waals surface area contributed by atoms with Gasteiger partial charge >= 0.3 is 0 Å². The summed E-state index contributed by atoms with van der Waals surface area (Å²) in [5, 5.41) is 9.99. The van der Waals surface area contributed by atoms with Crippen LogP contribution in [0, 0.1) is 6.92 Å². The van der Waals surface area contributed by atoms with Crippen LogP contribution in [0.25, 0.3) is 11.0 Å². The van der Waals surface area contributed by atoms with Crippen LogP contribution in [0.1, 0.15) is 32.7 Å². The number of ether oxygens (including phenoxy) is 1. The summed E-state index contributed by atoms with van der Waals surface area (Å²) in [6.45, 7) is 5.79. The predicted molar refractivity (Wildman–Crippen MR) is 123 cm³/mol. The highest BCUT2D eigenvalue weighted by Gasteiger charge is 2.45. The molecule has 2 aromatic heterocycles. The summed E-state index contributed by atoms with van der Waals surface area (Å²) in [4.78, 5) is 28.5. The van der Waals surface area contributed by atoms with Crippen molar-refractivity contribution in [1.82, 2.24) is 10.2 Å². The third kappa shape index (κ3) is 3.28. The largest absolute Gasteiger partial charge is 0.490 e. The molecule has 0 aliphatic carbocycles. The van der Waals surface area contributed by atoms with Gasteiger partial charge in [-0.15, -0.1) is 10.2 Å². The van der Waals surface area contributed by atoms with E-state index >= 15 is 0 Å². The van der Waals surface area contributed by atoms with Crippen LogP contribution in [0.4, 0.5) is 5.13 Å². The molecule has 32 heavy (non-hydrogen) atoms. The van der Waals surface area contributed by atoms with Crippen molar-refractivity contribution in [3.8, 4) is 5.75 Å². The van der Waals surface area contributed by atoms with Gasteiger partial charge in [-0.2, -0.15) is 0 Å². The van der Waals surface area contributed by atoms with Gasteiger partial charge in [0.1, 0.15) is 22.9 Å². The predicted octanol–water partition coefficient (Wildman–Crippen LogP) is 4.92. The number of fused-ring (bicyclic) bond motifs is 2. The zero-order valence-corrected chi connectivity index (χ0v) is 18.4. The summed E-state index contributed by atoms with van der Waals surface area (Å²) < 4.78 is 11.6. The van der Waals surface area contributed by atoms with Crippen LogP contribution in [0.2, 0.25) is 5.02 Å². The lowest BCUT2D eigenvalue weighted by Gasteiger charge is -2.22. The highest BCUT2D eigenvalue weighted by molar-refractivity contribution is 7.15. The maximum absolute atomic E-state index is 13.6. The molecular weight excluding hydrogens is 450 g/mol. The molecule has 1 amide bonds. The molecule has 0 saturated heterocycles. The minimum Gasteiger partial charge on any atom is -0.490 e. The summed E-state index contributed by atoms with van der Waals surface area (Å²) in [5.74, 6) is 0.123.